The second kappa shape index (κ2) is 6.45. The molecule has 0 fully saturated rings. The summed E-state index contributed by atoms with van der Waals surface area (Å²) in [6.45, 7) is 2.80. The van der Waals surface area contributed by atoms with Crippen LogP contribution in [0.3, 0.4) is 0 Å². The molecule has 0 spiro atoms. The van der Waals surface area contributed by atoms with Crippen LogP contribution in [0.15, 0.2) is 53.0 Å². The first-order valence-corrected chi connectivity index (χ1v) is 8.43. The van der Waals surface area contributed by atoms with E-state index in [9.17, 15) is 0 Å². The van der Waals surface area contributed by atoms with Gasteiger partial charge >= 0.3 is 0 Å². The summed E-state index contributed by atoms with van der Waals surface area (Å²) in [6.07, 6.45) is 0. The van der Waals surface area contributed by atoms with Crippen LogP contribution in [0, 0.1) is 0 Å². The Labute approximate surface area is 147 Å². The van der Waals surface area contributed by atoms with Gasteiger partial charge in [-0.3, -0.25) is 0 Å². The third-order valence-electron chi connectivity index (χ3n) is 3.47. The average Bonchev–Trinajstić information content (AvgIpc) is 2.53. The van der Waals surface area contributed by atoms with Crippen LogP contribution in [0.4, 0.5) is 11.4 Å². The molecule has 3 aromatic rings. The standard InChI is InChI=1S/C17H13BrCl2N2/c1-2-22(12-6-4-3-5-7-12)16-15(19)13-10-11(18)8-9-14(13)21-17(16)20/h3-10H,2H2,1H3. The maximum atomic E-state index is 6.66. The number of para-hydroxylation sites is 1. The summed E-state index contributed by atoms with van der Waals surface area (Å²) in [5.74, 6) is 0. The number of halogens is 3. The molecule has 0 bridgehead atoms. The zero-order chi connectivity index (χ0) is 15.7. The number of anilines is 2. The first-order valence-electron chi connectivity index (χ1n) is 6.88. The van der Waals surface area contributed by atoms with Crippen LogP contribution in [-0.2, 0) is 0 Å². The van der Waals surface area contributed by atoms with Crippen LogP contribution in [0.25, 0.3) is 10.9 Å². The van der Waals surface area contributed by atoms with E-state index in [4.69, 9.17) is 23.2 Å². The highest BCUT2D eigenvalue weighted by Crippen LogP contribution is 2.41. The quantitative estimate of drug-likeness (QED) is 0.473. The number of hydrogen-bond donors (Lipinski definition) is 0. The topological polar surface area (TPSA) is 16.1 Å². The van der Waals surface area contributed by atoms with Gasteiger partial charge < -0.3 is 4.90 Å². The summed E-state index contributed by atoms with van der Waals surface area (Å²) in [5, 5.41) is 1.90. The molecule has 0 amide bonds. The van der Waals surface area contributed by atoms with E-state index in [-0.39, 0.29) is 0 Å². The highest BCUT2D eigenvalue weighted by atomic mass is 79.9. The lowest BCUT2D eigenvalue weighted by Gasteiger charge is -2.25. The van der Waals surface area contributed by atoms with E-state index in [2.05, 4.69) is 32.7 Å². The van der Waals surface area contributed by atoms with Gasteiger partial charge in [-0.2, -0.15) is 0 Å². The van der Waals surface area contributed by atoms with Crippen LogP contribution in [0.1, 0.15) is 6.92 Å². The predicted molar refractivity (Wildman–Crippen MR) is 98.6 cm³/mol. The van der Waals surface area contributed by atoms with Crippen molar-refractivity contribution in [3.63, 3.8) is 0 Å². The molecule has 0 unspecified atom stereocenters. The molecule has 0 saturated carbocycles. The van der Waals surface area contributed by atoms with Gasteiger partial charge in [-0.15, -0.1) is 0 Å². The number of aromatic nitrogens is 1. The molecule has 0 aliphatic rings. The van der Waals surface area contributed by atoms with Gasteiger partial charge in [0.2, 0.25) is 0 Å². The minimum atomic E-state index is 0.408. The largest absolute Gasteiger partial charge is 0.338 e. The Balaban J connectivity index is 2.25. The zero-order valence-corrected chi connectivity index (χ0v) is 15.0. The molecule has 1 aromatic heterocycles. The SMILES string of the molecule is CCN(c1ccccc1)c1c(Cl)nc2ccc(Br)cc2c1Cl. The van der Waals surface area contributed by atoms with Gasteiger partial charge in [0.05, 0.1) is 16.2 Å². The Morgan fingerprint density at radius 3 is 2.50 bits per heavy atom. The van der Waals surface area contributed by atoms with Gasteiger partial charge in [-0.25, -0.2) is 4.98 Å². The Morgan fingerprint density at radius 1 is 1.09 bits per heavy atom. The molecule has 2 nitrogen and oxygen atoms in total. The second-order valence-electron chi connectivity index (χ2n) is 4.81. The lowest BCUT2D eigenvalue weighted by molar-refractivity contribution is 1.02. The molecule has 112 valence electrons. The molecule has 0 radical (unpaired) electrons. The molecule has 3 rings (SSSR count). The van der Waals surface area contributed by atoms with Crippen molar-refractivity contribution < 1.29 is 0 Å². The lowest BCUT2D eigenvalue weighted by Crippen LogP contribution is -2.17. The number of benzene rings is 2. The Morgan fingerprint density at radius 2 is 1.82 bits per heavy atom. The molecule has 0 aliphatic heterocycles. The maximum absolute atomic E-state index is 6.66. The second-order valence-corrected chi connectivity index (χ2v) is 6.46. The highest BCUT2D eigenvalue weighted by molar-refractivity contribution is 9.10. The number of hydrogen-bond acceptors (Lipinski definition) is 2. The summed E-state index contributed by atoms with van der Waals surface area (Å²) in [5.41, 5.74) is 2.55. The molecule has 5 heteroatoms. The molecule has 0 N–H and O–H groups in total. The number of nitrogens with zero attached hydrogens (tertiary/aromatic N) is 2. The van der Waals surface area contributed by atoms with E-state index in [1.807, 2.05) is 48.5 Å². The molecular weight excluding hydrogens is 383 g/mol. The van der Waals surface area contributed by atoms with Crippen molar-refractivity contribution in [2.45, 2.75) is 6.92 Å². The molecule has 2 aromatic carbocycles. The molecule has 1 heterocycles. The number of pyridine rings is 1. The van der Waals surface area contributed by atoms with E-state index in [0.717, 1.165) is 33.3 Å². The first kappa shape index (κ1) is 15.6. The Bertz CT molecular complexity index is 822. The molecule has 22 heavy (non-hydrogen) atoms. The lowest BCUT2D eigenvalue weighted by atomic mass is 10.2. The van der Waals surface area contributed by atoms with Gasteiger partial charge in [-0.05, 0) is 37.3 Å². The van der Waals surface area contributed by atoms with Crippen LogP contribution in [0.5, 0.6) is 0 Å². The number of rotatable bonds is 3. The van der Waals surface area contributed by atoms with E-state index in [0.29, 0.717) is 10.2 Å². The Kier molecular flexibility index (Phi) is 4.57. The van der Waals surface area contributed by atoms with Crippen molar-refractivity contribution in [3.8, 4) is 0 Å². The van der Waals surface area contributed by atoms with Gasteiger partial charge in [0.25, 0.3) is 0 Å². The van der Waals surface area contributed by atoms with Gasteiger partial charge in [0.1, 0.15) is 0 Å². The van der Waals surface area contributed by atoms with Crippen molar-refractivity contribution in [2.75, 3.05) is 11.4 Å². The number of fused-ring (bicyclic) bond motifs is 1. The van der Waals surface area contributed by atoms with Crippen molar-refractivity contribution >= 4 is 61.4 Å². The summed E-state index contributed by atoms with van der Waals surface area (Å²) in [4.78, 5) is 6.56. The Hall–Kier alpha value is -1.29. The summed E-state index contributed by atoms with van der Waals surface area (Å²) in [6, 6.07) is 15.8. The highest BCUT2D eigenvalue weighted by Gasteiger charge is 2.19. The minimum Gasteiger partial charge on any atom is -0.338 e. The third-order valence-corrected chi connectivity index (χ3v) is 4.61. The van der Waals surface area contributed by atoms with Crippen molar-refractivity contribution in [2.24, 2.45) is 0 Å². The molecule has 0 atom stereocenters. The fourth-order valence-corrected chi connectivity index (χ4v) is 3.51. The average molecular weight is 396 g/mol. The molecule has 0 aliphatic carbocycles. The monoisotopic (exact) mass is 394 g/mol. The van der Waals surface area contributed by atoms with E-state index < -0.39 is 0 Å². The van der Waals surface area contributed by atoms with E-state index >= 15 is 0 Å². The van der Waals surface area contributed by atoms with Crippen LogP contribution >= 0.6 is 39.1 Å². The van der Waals surface area contributed by atoms with Crippen LogP contribution < -0.4 is 4.90 Å². The van der Waals surface area contributed by atoms with E-state index in [1.165, 1.54) is 0 Å². The maximum Gasteiger partial charge on any atom is 0.154 e. The fourth-order valence-electron chi connectivity index (χ4n) is 2.47. The normalized spacial score (nSPS) is 10.9. The van der Waals surface area contributed by atoms with Gasteiger partial charge in [0, 0.05) is 22.1 Å². The van der Waals surface area contributed by atoms with Gasteiger partial charge in [0.15, 0.2) is 5.15 Å². The van der Waals surface area contributed by atoms with Crippen molar-refractivity contribution in [1.29, 1.82) is 0 Å². The minimum absolute atomic E-state index is 0.408. The fraction of sp³-hybridized carbons (Fsp3) is 0.118. The summed E-state index contributed by atoms with van der Waals surface area (Å²) in [7, 11) is 0. The van der Waals surface area contributed by atoms with Crippen molar-refractivity contribution in [3.05, 3.63) is 63.2 Å². The first-order chi connectivity index (χ1) is 10.6. The third kappa shape index (κ3) is 2.81. The van der Waals surface area contributed by atoms with E-state index in [1.54, 1.807) is 0 Å². The van der Waals surface area contributed by atoms with Gasteiger partial charge in [-0.1, -0.05) is 57.3 Å². The molecular formula is C17H13BrCl2N2. The van der Waals surface area contributed by atoms with Crippen molar-refractivity contribution in [1.82, 2.24) is 4.98 Å². The predicted octanol–water partition coefficient (Wildman–Crippen LogP) is 6.46. The zero-order valence-electron chi connectivity index (χ0n) is 11.9. The van der Waals surface area contributed by atoms with Crippen LogP contribution in [0.2, 0.25) is 10.2 Å². The summed E-state index contributed by atoms with van der Waals surface area (Å²) >= 11 is 16.6. The smallest absolute Gasteiger partial charge is 0.154 e. The summed E-state index contributed by atoms with van der Waals surface area (Å²) < 4.78 is 0.958. The molecule has 0 saturated heterocycles. The van der Waals surface area contributed by atoms with Crippen LogP contribution in [-0.4, -0.2) is 11.5 Å².